The lowest BCUT2D eigenvalue weighted by Crippen LogP contribution is -2.37. The van der Waals surface area contributed by atoms with Crippen molar-refractivity contribution in [2.75, 3.05) is 6.54 Å². The van der Waals surface area contributed by atoms with Crippen LogP contribution >= 0.6 is 22.7 Å². The van der Waals surface area contributed by atoms with Crippen LogP contribution in [-0.4, -0.2) is 17.4 Å². The molecule has 0 fully saturated rings. The van der Waals surface area contributed by atoms with Crippen LogP contribution < -0.4 is 5.73 Å². The number of rotatable bonds is 7. The van der Waals surface area contributed by atoms with Gasteiger partial charge in [0.15, 0.2) is 0 Å². The van der Waals surface area contributed by atoms with Gasteiger partial charge in [0, 0.05) is 16.3 Å². The van der Waals surface area contributed by atoms with Crippen molar-refractivity contribution in [3.8, 4) is 0 Å². The largest absolute Gasteiger partial charge is 0.332 e. The molecule has 2 aromatic rings. The number of nitrogens with two attached hydrogens (primary N) is 1. The summed E-state index contributed by atoms with van der Waals surface area (Å²) in [5.41, 5.74) is 5.73. The zero-order valence-corrected chi connectivity index (χ0v) is 13.3. The maximum atomic E-state index is 12.6. The Morgan fingerprint density at radius 1 is 1.20 bits per heavy atom. The standard InChI is InChI=1S/C15H20N2OS2/c1-2-12(9-16)15(18)17(10-13-5-3-7-19-13)11-14-6-4-8-20-14/h3-8,12H,2,9-11,16H2,1H3. The van der Waals surface area contributed by atoms with Gasteiger partial charge in [0.25, 0.3) is 0 Å². The molecule has 0 aliphatic carbocycles. The normalized spacial score (nSPS) is 12.3. The fourth-order valence-corrected chi connectivity index (χ4v) is 3.53. The summed E-state index contributed by atoms with van der Waals surface area (Å²) in [6.45, 7) is 3.78. The molecule has 1 atom stereocenters. The van der Waals surface area contributed by atoms with Crippen LogP contribution in [0.25, 0.3) is 0 Å². The van der Waals surface area contributed by atoms with E-state index in [0.717, 1.165) is 6.42 Å². The number of carbonyl (C=O) groups excluding carboxylic acids is 1. The smallest absolute Gasteiger partial charge is 0.227 e. The molecular weight excluding hydrogens is 288 g/mol. The minimum absolute atomic E-state index is 0.0741. The molecule has 0 bridgehead atoms. The van der Waals surface area contributed by atoms with Gasteiger partial charge in [-0.2, -0.15) is 0 Å². The molecule has 2 heterocycles. The van der Waals surface area contributed by atoms with Gasteiger partial charge in [-0.15, -0.1) is 22.7 Å². The fourth-order valence-electron chi connectivity index (χ4n) is 2.09. The highest BCUT2D eigenvalue weighted by Gasteiger charge is 2.22. The number of hydrogen-bond acceptors (Lipinski definition) is 4. The summed E-state index contributed by atoms with van der Waals surface area (Å²) in [5, 5.41) is 4.09. The molecule has 0 aliphatic rings. The average molecular weight is 308 g/mol. The highest BCUT2D eigenvalue weighted by molar-refractivity contribution is 7.10. The van der Waals surface area contributed by atoms with E-state index in [1.165, 1.54) is 9.75 Å². The van der Waals surface area contributed by atoms with Crippen molar-refractivity contribution in [1.29, 1.82) is 0 Å². The molecule has 108 valence electrons. The second kappa shape index (κ2) is 7.57. The second-order valence-corrected chi connectivity index (χ2v) is 6.76. The van der Waals surface area contributed by atoms with Crippen LogP contribution in [0.15, 0.2) is 35.0 Å². The van der Waals surface area contributed by atoms with E-state index in [1.54, 1.807) is 22.7 Å². The maximum absolute atomic E-state index is 12.6. The van der Waals surface area contributed by atoms with Gasteiger partial charge in [-0.3, -0.25) is 4.79 Å². The van der Waals surface area contributed by atoms with Crippen molar-refractivity contribution in [3.63, 3.8) is 0 Å². The van der Waals surface area contributed by atoms with Crippen molar-refractivity contribution < 1.29 is 4.79 Å². The number of thiophene rings is 2. The van der Waals surface area contributed by atoms with Crippen LogP contribution in [0, 0.1) is 5.92 Å². The first-order valence-corrected chi connectivity index (χ1v) is 8.54. The molecule has 20 heavy (non-hydrogen) atoms. The molecule has 1 unspecified atom stereocenters. The van der Waals surface area contributed by atoms with Crippen molar-refractivity contribution in [2.24, 2.45) is 11.7 Å². The predicted octanol–water partition coefficient (Wildman–Crippen LogP) is 3.32. The molecule has 0 spiro atoms. The van der Waals surface area contributed by atoms with Crippen molar-refractivity contribution in [2.45, 2.75) is 26.4 Å². The highest BCUT2D eigenvalue weighted by Crippen LogP contribution is 2.19. The molecule has 3 nitrogen and oxygen atoms in total. The average Bonchev–Trinajstić information content (AvgIpc) is 3.12. The highest BCUT2D eigenvalue weighted by atomic mass is 32.1. The van der Waals surface area contributed by atoms with Crippen molar-refractivity contribution >= 4 is 28.6 Å². The molecule has 2 rings (SSSR count). The quantitative estimate of drug-likeness (QED) is 0.853. The Labute approximate surface area is 128 Å². The van der Waals surface area contributed by atoms with Crippen molar-refractivity contribution in [3.05, 3.63) is 44.8 Å². The summed E-state index contributed by atoms with van der Waals surface area (Å²) in [7, 11) is 0. The Hall–Kier alpha value is -1.17. The van der Waals surface area contributed by atoms with Gasteiger partial charge in [0.1, 0.15) is 0 Å². The molecule has 5 heteroatoms. The molecule has 0 aromatic carbocycles. The zero-order valence-electron chi connectivity index (χ0n) is 11.6. The third kappa shape index (κ3) is 3.91. The van der Waals surface area contributed by atoms with Gasteiger partial charge in [0.05, 0.1) is 19.0 Å². The lowest BCUT2D eigenvalue weighted by Gasteiger charge is -2.25. The third-order valence-corrected chi connectivity index (χ3v) is 5.01. The first kappa shape index (κ1) is 15.2. The Bertz CT molecular complexity index is 468. The summed E-state index contributed by atoms with van der Waals surface area (Å²) >= 11 is 3.37. The van der Waals surface area contributed by atoms with Gasteiger partial charge in [-0.25, -0.2) is 0 Å². The predicted molar refractivity (Wildman–Crippen MR) is 85.7 cm³/mol. The van der Waals surface area contributed by atoms with Crippen LogP contribution in [0.3, 0.4) is 0 Å². The topological polar surface area (TPSA) is 46.3 Å². The number of nitrogens with zero attached hydrogens (tertiary/aromatic N) is 1. The molecule has 0 saturated carbocycles. The van der Waals surface area contributed by atoms with Crippen molar-refractivity contribution in [1.82, 2.24) is 4.90 Å². The zero-order chi connectivity index (χ0) is 14.4. The van der Waals surface area contributed by atoms with Gasteiger partial charge in [-0.05, 0) is 29.3 Å². The Kier molecular flexibility index (Phi) is 5.76. The van der Waals surface area contributed by atoms with E-state index in [1.807, 2.05) is 34.7 Å². The lowest BCUT2D eigenvalue weighted by atomic mass is 10.1. The molecule has 2 aromatic heterocycles. The van der Waals surface area contributed by atoms with Crippen LogP contribution in [0.1, 0.15) is 23.1 Å². The van der Waals surface area contributed by atoms with Gasteiger partial charge >= 0.3 is 0 Å². The maximum Gasteiger partial charge on any atom is 0.227 e. The lowest BCUT2D eigenvalue weighted by molar-refractivity contribution is -0.136. The molecule has 1 amide bonds. The van der Waals surface area contributed by atoms with Gasteiger partial charge in [-0.1, -0.05) is 19.1 Å². The second-order valence-electron chi connectivity index (χ2n) is 4.69. The van der Waals surface area contributed by atoms with Crippen LogP contribution in [0.2, 0.25) is 0 Å². The van der Waals surface area contributed by atoms with E-state index in [0.29, 0.717) is 19.6 Å². The summed E-state index contributed by atoms with van der Waals surface area (Å²) in [6, 6.07) is 8.19. The minimum atomic E-state index is -0.0741. The van der Waals surface area contributed by atoms with Gasteiger partial charge in [0.2, 0.25) is 5.91 Å². The van der Waals surface area contributed by atoms with E-state index >= 15 is 0 Å². The van der Waals surface area contributed by atoms with Gasteiger partial charge < -0.3 is 10.6 Å². The fraction of sp³-hybridized carbons (Fsp3) is 0.400. The Balaban J connectivity index is 2.12. The minimum Gasteiger partial charge on any atom is -0.332 e. The number of carbonyl (C=O) groups is 1. The van der Waals surface area contributed by atoms with E-state index in [4.69, 9.17) is 5.73 Å². The number of hydrogen-bond donors (Lipinski definition) is 1. The SMILES string of the molecule is CCC(CN)C(=O)N(Cc1cccs1)Cc1cccs1. The first-order valence-electron chi connectivity index (χ1n) is 6.78. The Morgan fingerprint density at radius 2 is 1.75 bits per heavy atom. The molecule has 0 aliphatic heterocycles. The van der Waals surface area contributed by atoms with E-state index in [-0.39, 0.29) is 11.8 Å². The summed E-state index contributed by atoms with van der Waals surface area (Å²) in [5.74, 6) is 0.0896. The summed E-state index contributed by atoms with van der Waals surface area (Å²) in [4.78, 5) is 17.0. The molecule has 0 saturated heterocycles. The summed E-state index contributed by atoms with van der Waals surface area (Å²) in [6.07, 6.45) is 0.792. The van der Waals surface area contributed by atoms with Crippen LogP contribution in [0.4, 0.5) is 0 Å². The summed E-state index contributed by atoms with van der Waals surface area (Å²) < 4.78 is 0. The molecule has 0 radical (unpaired) electrons. The Morgan fingerprint density at radius 3 is 2.10 bits per heavy atom. The van der Waals surface area contributed by atoms with Crippen LogP contribution in [-0.2, 0) is 17.9 Å². The third-order valence-electron chi connectivity index (χ3n) is 3.29. The molecular formula is C15H20N2OS2. The van der Waals surface area contributed by atoms with E-state index in [9.17, 15) is 4.79 Å². The number of amides is 1. The molecule has 2 N–H and O–H groups in total. The first-order chi connectivity index (χ1) is 9.74. The van der Waals surface area contributed by atoms with E-state index < -0.39 is 0 Å². The van der Waals surface area contributed by atoms with E-state index in [2.05, 4.69) is 12.1 Å². The van der Waals surface area contributed by atoms with Crippen LogP contribution in [0.5, 0.6) is 0 Å². The monoisotopic (exact) mass is 308 g/mol.